The van der Waals surface area contributed by atoms with Crippen molar-refractivity contribution in [1.29, 1.82) is 0 Å². The average molecular weight is 456 g/mol. The zero-order chi connectivity index (χ0) is 21.8. The molecular formula is C20H23F2N3O3S2. The predicted molar refractivity (Wildman–Crippen MR) is 112 cm³/mol. The number of anilines is 1. The molecule has 10 heteroatoms. The van der Waals surface area contributed by atoms with Crippen molar-refractivity contribution in [3.05, 3.63) is 44.8 Å². The van der Waals surface area contributed by atoms with Gasteiger partial charge in [0.25, 0.3) is 0 Å². The van der Waals surface area contributed by atoms with Crippen molar-refractivity contribution in [3.8, 4) is 0 Å². The van der Waals surface area contributed by atoms with E-state index in [1.54, 1.807) is 0 Å². The number of benzene rings is 1. The van der Waals surface area contributed by atoms with Crippen LogP contribution in [0, 0.1) is 11.6 Å². The lowest BCUT2D eigenvalue weighted by Gasteiger charge is -2.16. The topological polar surface area (TPSA) is 105 Å². The first-order valence-electron chi connectivity index (χ1n) is 9.72. The number of rotatable bonds is 3. The van der Waals surface area contributed by atoms with Crippen LogP contribution in [0.1, 0.15) is 53.8 Å². The Bertz CT molecular complexity index is 1140. The molecular weight excluding hydrogens is 432 g/mol. The Balaban J connectivity index is 1.70. The summed E-state index contributed by atoms with van der Waals surface area (Å²) in [5, 5.41) is 18.4. The first-order chi connectivity index (χ1) is 14.0. The first-order valence-corrected chi connectivity index (χ1v) is 12.1. The van der Waals surface area contributed by atoms with E-state index in [0.29, 0.717) is 53.8 Å². The predicted octanol–water partition coefficient (Wildman–Crippen LogP) is 4.16. The molecule has 4 rings (SSSR count). The van der Waals surface area contributed by atoms with Crippen LogP contribution in [0.5, 0.6) is 0 Å². The van der Waals surface area contributed by atoms with Gasteiger partial charge in [0.1, 0.15) is 5.82 Å². The van der Waals surface area contributed by atoms with Gasteiger partial charge in [-0.25, -0.2) is 22.9 Å². The fourth-order valence-electron chi connectivity index (χ4n) is 4.19. The quantitative estimate of drug-likeness (QED) is 0.647. The molecule has 0 unspecified atom stereocenters. The molecule has 2 aliphatic rings. The van der Waals surface area contributed by atoms with E-state index in [0.717, 1.165) is 30.0 Å². The number of halogens is 2. The van der Waals surface area contributed by atoms with Crippen molar-refractivity contribution in [1.82, 2.24) is 0 Å². The number of hydrogen-bond donors (Lipinski definition) is 3. The SMILES string of the molecule is CC(C)(O)c1cc(F)c([S@@](N)(=O)=NC(=O)Nc2c3c(c(F)c4c2CCC4)CCC3)s1. The highest BCUT2D eigenvalue weighted by Crippen LogP contribution is 2.41. The minimum Gasteiger partial charge on any atom is -0.385 e. The third-order valence-corrected chi connectivity index (χ3v) is 8.89. The van der Waals surface area contributed by atoms with Crippen molar-refractivity contribution in [2.24, 2.45) is 9.50 Å². The molecule has 30 heavy (non-hydrogen) atoms. The molecule has 1 atom stereocenters. The lowest BCUT2D eigenvalue weighted by molar-refractivity contribution is 0.0823. The maximum Gasteiger partial charge on any atom is 0.354 e. The van der Waals surface area contributed by atoms with Crippen molar-refractivity contribution in [2.75, 3.05) is 5.32 Å². The van der Waals surface area contributed by atoms with Crippen molar-refractivity contribution in [2.45, 2.75) is 62.2 Å². The normalized spacial score (nSPS) is 17.4. The summed E-state index contributed by atoms with van der Waals surface area (Å²) in [7, 11) is -3.86. The minimum absolute atomic E-state index is 0.174. The fourth-order valence-corrected chi connectivity index (χ4v) is 6.53. The van der Waals surface area contributed by atoms with Gasteiger partial charge in [0.05, 0.1) is 5.60 Å². The summed E-state index contributed by atoms with van der Waals surface area (Å²) in [6, 6.07) is 0.0783. The number of aliphatic hydroxyl groups is 1. The molecule has 2 amide bonds. The average Bonchev–Trinajstić information content (AvgIpc) is 3.36. The maximum absolute atomic E-state index is 14.8. The Morgan fingerprint density at radius 2 is 1.70 bits per heavy atom. The molecule has 0 fully saturated rings. The summed E-state index contributed by atoms with van der Waals surface area (Å²) in [5.74, 6) is -1.06. The number of hydrogen-bond acceptors (Lipinski definition) is 4. The standard InChI is InChI=1S/C20H23F2N3O3S2/c1-20(2,27)15-9-14(21)18(29-15)30(23,28)25-19(26)24-17-12-7-3-5-10(12)16(22)11-6-4-8-13(11)17/h9,27H,3-8H2,1-2H3,(H3,23,24,25,26,28)/t30-/m0/s1. The lowest BCUT2D eigenvalue weighted by Crippen LogP contribution is -2.19. The van der Waals surface area contributed by atoms with Crippen LogP contribution in [0.15, 0.2) is 14.6 Å². The van der Waals surface area contributed by atoms with E-state index in [1.807, 2.05) is 0 Å². The van der Waals surface area contributed by atoms with E-state index in [9.17, 15) is 22.9 Å². The summed E-state index contributed by atoms with van der Waals surface area (Å²) in [6.07, 6.45) is 4.10. The molecule has 0 radical (unpaired) electrons. The molecule has 4 N–H and O–H groups in total. The number of nitrogens with two attached hydrogens (primary N) is 1. The van der Waals surface area contributed by atoms with Crippen LogP contribution in [0.25, 0.3) is 0 Å². The first kappa shape index (κ1) is 21.4. The van der Waals surface area contributed by atoms with Gasteiger partial charge in [0, 0.05) is 10.6 Å². The zero-order valence-electron chi connectivity index (χ0n) is 16.7. The summed E-state index contributed by atoms with van der Waals surface area (Å²) in [5.41, 5.74) is 1.94. The van der Waals surface area contributed by atoms with Crippen molar-refractivity contribution < 1.29 is 22.9 Å². The van der Waals surface area contributed by atoms with Gasteiger partial charge in [0.2, 0.25) is 0 Å². The molecule has 1 aromatic heterocycles. The monoisotopic (exact) mass is 455 g/mol. The highest BCUT2D eigenvalue weighted by Gasteiger charge is 2.30. The second-order valence-electron chi connectivity index (χ2n) is 8.21. The molecule has 1 heterocycles. The van der Waals surface area contributed by atoms with Crippen LogP contribution in [0.3, 0.4) is 0 Å². The van der Waals surface area contributed by atoms with Crippen LogP contribution in [-0.4, -0.2) is 15.3 Å². The van der Waals surface area contributed by atoms with E-state index in [2.05, 4.69) is 9.68 Å². The number of nitrogens with one attached hydrogen (secondary N) is 1. The number of carbonyl (C=O) groups is 1. The third kappa shape index (κ3) is 3.66. The molecule has 6 nitrogen and oxygen atoms in total. The maximum atomic E-state index is 14.8. The van der Waals surface area contributed by atoms with E-state index < -0.39 is 31.6 Å². The molecule has 0 bridgehead atoms. The fraction of sp³-hybridized carbons (Fsp3) is 0.450. The highest BCUT2D eigenvalue weighted by molar-refractivity contribution is 7.93. The van der Waals surface area contributed by atoms with Gasteiger partial charge in [0.15, 0.2) is 19.9 Å². The number of fused-ring (bicyclic) bond motifs is 2. The highest BCUT2D eigenvalue weighted by atomic mass is 32.2. The largest absolute Gasteiger partial charge is 0.385 e. The second kappa shape index (κ2) is 7.37. The molecule has 0 saturated carbocycles. The number of urea groups is 1. The Kier molecular flexibility index (Phi) is 5.24. The van der Waals surface area contributed by atoms with Crippen molar-refractivity contribution >= 4 is 33.0 Å². The molecule has 0 spiro atoms. The molecule has 2 aromatic rings. The van der Waals surface area contributed by atoms with Gasteiger partial charge in [-0.3, -0.25) is 0 Å². The van der Waals surface area contributed by atoms with E-state index in [4.69, 9.17) is 5.14 Å². The van der Waals surface area contributed by atoms with Gasteiger partial charge >= 0.3 is 6.03 Å². The summed E-state index contributed by atoms with van der Waals surface area (Å²) in [4.78, 5) is 12.8. The Morgan fingerprint density at radius 3 is 2.20 bits per heavy atom. The Hall–Kier alpha value is -1.88. The van der Waals surface area contributed by atoms with Gasteiger partial charge in [-0.05, 0) is 80.7 Å². The molecule has 2 aliphatic carbocycles. The zero-order valence-corrected chi connectivity index (χ0v) is 18.3. The smallest absolute Gasteiger partial charge is 0.354 e. The Labute approximate surface area is 177 Å². The van der Waals surface area contributed by atoms with E-state index >= 15 is 0 Å². The van der Waals surface area contributed by atoms with E-state index in [1.165, 1.54) is 13.8 Å². The van der Waals surface area contributed by atoms with Gasteiger partial charge < -0.3 is 10.4 Å². The summed E-state index contributed by atoms with van der Waals surface area (Å²) >= 11 is 0.715. The number of thiophene rings is 1. The van der Waals surface area contributed by atoms with Crippen molar-refractivity contribution in [3.63, 3.8) is 0 Å². The van der Waals surface area contributed by atoms with Gasteiger partial charge in [-0.15, -0.1) is 15.7 Å². The van der Waals surface area contributed by atoms with Crippen LogP contribution in [0.4, 0.5) is 19.3 Å². The molecule has 162 valence electrons. The third-order valence-electron chi connectivity index (χ3n) is 5.54. The molecule has 1 aromatic carbocycles. The van der Waals surface area contributed by atoms with Gasteiger partial charge in [-0.1, -0.05) is 0 Å². The number of nitrogens with zero attached hydrogens (tertiary/aromatic N) is 1. The molecule has 0 aliphatic heterocycles. The van der Waals surface area contributed by atoms with Crippen LogP contribution >= 0.6 is 11.3 Å². The van der Waals surface area contributed by atoms with Crippen LogP contribution in [0.2, 0.25) is 0 Å². The minimum atomic E-state index is -3.86. The summed E-state index contributed by atoms with van der Waals surface area (Å²) in [6.45, 7) is 2.92. The summed E-state index contributed by atoms with van der Waals surface area (Å²) < 4.78 is 45.1. The molecule has 0 saturated heterocycles. The lowest BCUT2D eigenvalue weighted by atomic mass is 9.98. The second-order valence-corrected chi connectivity index (χ2v) is 11.2. The number of amides is 2. The van der Waals surface area contributed by atoms with Gasteiger partial charge in [-0.2, -0.15) is 0 Å². The van der Waals surface area contributed by atoms with Crippen LogP contribution < -0.4 is 10.5 Å². The Morgan fingerprint density at radius 1 is 1.17 bits per heavy atom. The van der Waals surface area contributed by atoms with E-state index in [-0.39, 0.29) is 10.7 Å². The van der Waals surface area contributed by atoms with Crippen LogP contribution in [-0.2, 0) is 41.2 Å². The number of carbonyl (C=O) groups excluding carboxylic acids is 1.